The molecule has 0 aliphatic heterocycles. The summed E-state index contributed by atoms with van der Waals surface area (Å²) in [5.41, 5.74) is 1.21. The number of carbonyl (C=O) groups is 1. The summed E-state index contributed by atoms with van der Waals surface area (Å²) in [5.74, 6) is -0.504. The Balaban J connectivity index is 2.66. The number of halogens is 1. The lowest BCUT2D eigenvalue weighted by molar-refractivity contribution is -0.132. The summed E-state index contributed by atoms with van der Waals surface area (Å²) in [5, 5.41) is 5.54. The molecule has 0 aliphatic rings. The van der Waals surface area contributed by atoms with Crippen molar-refractivity contribution in [3.8, 4) is 0 Å². The number of fused-ring (bicyclic) bond motifs is 1. The second-order valence-corrected chi connectivity index (χ2v) is 5.27. The van der Waals surface area contributed by atoms with Crippen molar-refractivity contribution in [2.75, 3.05) is 14.2 Å². The molecule has 0 bridgehead atoms. The number of methoxy groups -OCH3 is 1. The van der Waals surface area contributed by atoms with E-state index in [0.29, 0.717) is 5.33 Å². The monoisotopic (exact) mass is 341 g/mol. The summed E-state index contributed by atoms with van der Waals surface area (Å²) in [7, 11) is 2.73. The Morgan fingerprint density at radius 1 is 1.37 bits per heavy atom. The molecular formula is C13H12BrNO3S. The zero-order chi connectivity index (χ0) is 13.8. The van der Waals surface area contributed by atoms with E-state index in [2.05, 4.69) is 21.1 Å². The number of rotatable bonds is 4. The highest BCUT2D eigenvalue weighted by Crippen LogP contribution is 2.33. The highest BCUT2D eigenvalue weighted by Gasteiger charge is 2.23. The van der Waals surface area contributed by atoms with Crippen LogP contribution in [0.3, 0.4) is 0 Å². The number of thiophene rings is 1. The molecule has 19 heavy (non-hydrogen) atoms. The standard InChI is InChI=1S/C13H12BrNO3S/c1-17-13(16)11(15-18-2)12-9(7-14)8-5-3-4-6-10(8)19-12/h3-6H,7H2,1-2H3/b15-11-. The Bertz CT molecular complexity index is 636. The third-order valence-corrected chi connectivity index (χ3v) is 4.39. The van der Waals surface area contributed by atoms with Gasteiger partial charge in [0, 0.05) is 10.0 Å². The molecular weight excluding hydrogens is 330 g/mol. The number of esters is 1. The molecule has 1 aromatic heterocycles. The number of hydrogen-bond acceptors (Lipinski definition) is 5. The summed E-state index contributed by atoms with van der Waals surface area (Å²) in [6, 6.07) is 7.97. The molecule has 0 radical (unpaired) electrons. The van der Waals surface area contributed by atoms with Crippen molar-refractivity contribution in [1.29, 1.82) is 0 Å². The lowest BCUT2D eigenvalue weighted by Gasteiger charge is -2.03. The van der Waals surface area contributed by atoms with Crippen LogP contribution < -0.4 is 0 Å². The average molecular weight is 342 g/mol. The number of alkyl halides is 1. The lowest BCUT2D eigenvalue weighted by atomic mass is 10.1. The number of hydrogen-bond donors (Lipinski definition) is 0. The van der Waals surface area contributed by atoms with Crippen LogP contribution in [0.25, 0.3) is 10.1 Å². The first-order chi connectivity index (χ1) is 9.22. The van der Waals surface area contributed by atoms with Crippen molar-refractivity contribution in [1.82, 2.24) is 0 Å². The van der Waals surface area contributed by atoms with Gasteiger partial charge in [0.15, 0.2) is 0 Å². The molecule has 2 rings (SSSR count). The van der Waals surface area contributed by atoms with E-state index < -0.39 is 5.97 Å². The average Bonchev–Trinajstić information content (AvgIpc) is 2.82. The van der Waals surface area contributed by atoms with Crippen molar-refractivity contribution >= 4 is 49.0 Å². The fourth-order valence-corrected chi connectivity index (χ4v) is 3.74. The highest BCUT2D eigenvalue weighted by molar-refractivity contribution is 9.08. The van der Waals surface area contributed by atoms with Crippen molar-refractivity contribution in [3.05, 3.63) is 34.7 Å². The second kappa shape index (κ2) is 6.16. The molecule has 100 valence electrons. The summed E-state index contributed by atoms with van der Waals surface area (Å²) in [4.78, 5) is 17.3. The number of ether oxygens (including phenoxy) is 1. The van der Waals surface area contributed by atoms with Gasteiger partial charge in [0.2, 0.25) is 5.71 Å². The molecule has 1 aromatic carbocycles. The van der Waals surface area contributed by atoms with Crippen molar-refractivity contribution < 1.29 is 14.4 Å². The van der Waals surface area contributed by atoms with E-state index in [1.165, 1.54) is 25.6 Å². The first kappa shape index (κ1) is 14.0. The Hall–Kier alpha value is -1.40. The molecule has 0 N–H and O–H groups in total. The van der Waals surface area contributed by atoms with Crippen LogP contribution in [0, 0.1) is 0 Å². The summed E-state index contributed by atoms with van der Waals surface area (Å²) < 4.78 is 5.85. The predicted octanol–water partition coefficient (Wildman–Crippen LogP) is 3.32. The van der Waals surface area contributed by atoms with Gasteiger partial charge in [0.05, 0.1) is 12.0 Å². The largest absolute Gasteiger partial charge is 0.464 e. The summed E-state index contributed by atoms with van der Waals surface area (Å²) in [6.45, 7) is 0. The normalized spacial score (nSPS) is 11.6. The number of nitrogens with zero attached hydrogens (tertiary/aromatic N) is 1. The van der Waals surface area contributed by atoms with E-state index in [-0.39, 0.29) is 5.71 Å². The number of oxime groups is 1. The molecule has 6 heteroatoms. The molecule has 1 heterocycles. The van der Waals surface area contributed by atoms with E-state index in [9.17, 15) is 4.79 Å². The minimum Gasteiger partial charge on any atom is -0.464 e. The van der Waals surface area contributed by atoms with Gasteiger partial charge in [-0.2, -0.15) is 0 Å². The Morgan fingerprint density at radius 2 is 2.11 bits per heavy atom. The van der Waals surface area contributed by atoms with Gasteiger partial charge in [-0.05, 0) is 17.0 Å². The van der Waals surface area contributed by atoms with E-state index in [0.717, 1.165) is 20.5 Å². The van der Waals surface area contributed by atoms with Crippen LogP contribution in [-0.2, 0) is 19.7 Å². The van der Waals surface area contributed by atoms with Crippen LogP contribution in [0.1, 0.15) is 10.4 Å². The molecule has 0 aliphatic carbocycles. The molecule has 0 saturated heterocycles. The van der Waals surface area contributed by atoms with Crippen LogP contribution >= 0.6 is 27.3 Å². The number of carbonyl (C=O) groups excluding carboxylic acids is 1. The first-order valence-electron chi connectivity index (χ1n) is 5.49. The smallest absolute Gasteiger partial charge is 0.361 e. The molecule has 2 aromatic rings. The highest BCUT2D eigenvalue weighted by atomic mass is 79.9. The van der Waals surface area contributed by atoms with Crippen LogP contribution in [0.4, 0.5) is 0 Å². The quantitative estimate of drug-likeness (QED) is 0.371. The van der Waals surface area contributed by atoms with Crippen molar-refractivity contribution in [2.24, 2.45) is 5.16 Å². The lowest BCUT2D eigenvalue weighted by Crippen LogP contribution is -2.17. The maximum Gasteiger partial charge on any atom is 0.361 e. The van der Waals surface area contributed by atoms with Crippen molar-refractivity contribution in [3.63, 3.8) is 0 Å². The zero-order valence-corrected chi connectivity index (χ0v) is 12.9. The topological polar surface area (TPSA) is 47.9 Å². The molecule has 0 spiro atoms. The maximum atomic E-state index is 11.8. The SMILES string of the molecule is CO/N=C(\C(=O)OC)c1sc2ccccc2c1CBr. The molecule has 0 atom stereocenters. The number of benzene rings is 1. The van der Waals surface area contributed by atoms with Crippen LogP contribution in [-0.4, -0.2) is 25.9 Å². The van der Waals surface area contributed by atoms with Gasteiger partial charge in [0.25, 0.3) is 0 Å². The molecule has 0 amide bonds. The van der Waals surface area contributed by atoms with E-state index in [1.54, 1.807) is 0 Å². The van der Waals surface area contributed by atoms with Gasteiger partial charge in [0.1, 0.15) is 7.11 Å². The van der Waals surface area contributed by atoms with Gasteiger partial charge in [-0.15, -0.1) is 11.3 Å². The van der Waals surface area contributed by atoms with Crippen LogP contribution in [0.2, 0.25) is 0 Å². The molecule has 0 unspecified atom stereocenters. The molecule has 4 nitrogen and oxygen atoms in total. The van der Waals surface area contributed by atoms with Gasteiger partial charge in [-0.1, -0.05) is 39.3 Å². The zero-order valence-electron chi connectivity index (χ0n) is 10.5. The Kier molecular flexibility index (Phi) is 4.55. The summed E-state index contributed by atoms with van der Waals surface area (Å²) in [6.07, 6.45) is 0. The fraction of sp³-hybridized carbons (Fsp3) is 0.231. The predicted molar refractivity (Wildman–Crippen MR) is 80.0 cm³/mol. The van der Waals surface area contributed by atoms with Crippen molar-refractivity contribution in [2.45, 2.75) is 5.33 Å². The van der Waals surface area contributed by atoms with Gasteiger partial charge in [-0.3, -0.25) is 0 Å². The molecule has 0 fully saturated rings. The van der Waals surface area contributed by atoms with E-state index in [4.69, 9.17) is 9.57 Å². The minimum atomic E-state index is -0.504. The van der Waals surface area contributed by atoms with E-state index >= 15 is 0 Å². The van der Waals surface area contributed by atoms with Gasteiger partial charge >= 0.3 is 5.97 Å². The molecule has 0 saturated carbocycles. The minimum absolute atomic E-state index is 0.195. The van der Waals surface area contributed by atoms with Gasteiger partial charge in [-0.25, -0.2) is 4.79 Å². The maximum absolute atomic E-state index is 11.8. The van der Waals surface area contributed by atoms with Crippen LogP contribution in [0.15, 0.2) is 29.4 Å². The van der Waals surface area contributed by atoms with Gasteiger partial charge < -0.3 is 9.57 Å². The Labute approximate surface area is 123 Å². The third kappa shape index (κ3) is 2.64. The fourth-order valence-electron chi connectivity index (χ4n) is 1.78. The van der Waals surface area contributed by atoms with Crippen LogP contribution in [0.5, 0.6) is 0 Å². The van der Waals surface area contributed by atoms with E-state index in [1.807, 2.05) is 24.3 Å². The third-order valence-electron chi connectivity index (χ3n) is 2.61. The first-order valence-corrected chi connectivity index (χ1v) is 7.43. The second-order valence-electron chi connectivity index (χ2n) is 3.65. The summed E-state index contributed by atoms with van der Waals surface area (Å²) >= 11 is 4.96. The Morgan fingerprint density at radius 3 is 2.74 bits per heavy atom.